The van der Waals surface area contributed by atoms with E-state index in [1.165, 1.54) is 0 Å². The average molecular weight is 293 g/mol. The van der Waals surface area contributed by atoms with E-state index in [1.54, 1.807) is 6.20 Å². The van der Waals surface area contributed by atoms with Gasteiger partial charge in [-0.25, -0.2) is 4.98 Å². The van der Waals surface area contributed by atoms with Gasteiger partial charge in [-0.1, -0.05) is 22.5 Å². The average Bonchev–Trinajstić information content (AvgIpc) is 2.03. The Bertz CT molecular complexity index is 271. The molecule has 1 aromatic heterocycles. The minimum absolute atomic E-state index is 0.462. The number of hydrogen-bond acceptors (Lipinski definition) is 2. The Morgan fingerprint density at radius 3 is 2.83 bits per heavy atom. The summed E-state index contributed by atoms with van der Waals surface area (Å²) in [6.45, 7) is 4.11. The number of aromatic nitrogens is 1. The van der Waals surface area contributed by atoms with Crippen LogP contribution in [0.25, 0.3) is 0 Å². The molecule has 0 radical (unpaired) electrons. The SMILES string of the molecule is C=C(Br)COc1ccc(Br)nc1. The van der Waals surface area contributed by atoms with Gasteiger partial charge in [0.05, 0.1) is 6.20 Å². The van der Waals surface area contributed by atoms with Crippen molar-refractivity contribution in [2.24, 2.45) is 0 Å². The molecule has 0 aliphatic rings. The molecule has 0 saturated carbocycles. The maximum atomic E-state index is 5.29. The molecule has 64 valence electrons. The lowest BCUT2D eigenvalue weighted by Crippen LogP contribution is -1.95. The van der Waals surface area contributed by atoms with Gasteiger partial charge in [0.15, 0.2) is 0 Å². The van der Waals surface area contributed by atoms with E-state index in [2.05, 4.69) is 43.4 Å². The Morgan fingerprint density at radius 1 is 1.58 bits per heavy atom. The Morgan fingerprint density at radius 2 is 2.33 bits per heavy atom. The second kappa shape index (κ2) is 4.62. The van der Waals surface area contributed by atoms with Gasteiger partial charge in [-0.15, -0.1) is 0 Å². The van der Waals surface area contributed by atoms with Crippen molar-refractivity contribution in [3.63, 3.8) is 0 Å². The highest BCUT2D eigenvalue weighted by atomic mass is 79.9. The molecule has 0 fully saturated rings. The van der Waals surface area contributed by atoms with Gasteiger partial charge in [-0.3, -0.25) is 0 Å². The summed E-state index contributed by atoms with van der Waals surface area (Å²) in [5.74, 6) is 0.735. The third kappa shape index (κ3) is 3.36. The first-order chi connectivity index (χ1) is 5.68. The first-order valence-electron chi connectivity index (χ1n) is 3.26. The third-order valence-electron chi connectivity index (χ3n) is 1.10. The summed E-state index contributed by atoms with van der Waals surface area (Å²) in [4.78, 5) is 4.00. The summed E-state index contributed by atoms with van der Waals surface area (Å²) in [7, 11) is 0. The molecular weight excluding hydrogens is 286 g/mol. The van der Waals surface area contributed by atoms with Gasteiger partial charge < -0.3 is 4.74 Å². The van der Waals surface area contributed by atoms with E-state index < -0.39 is 0 Å². The van der Waals surface area contributed by atoms with Gasteiger partial charge in [-0.2, -0.15) is 0 Å². The number of rotatable bonds is 3. The first kappa shape index (κ1) is 9.74. The predicted molar refractivity (Wildman–Crippen MR) is 55.5 cm³/mol. The van der Waals surface area contributed by atoms with Crippen LogP contribution in [0, 0.1) is 0 Å². The largest absolute Gasteiger partial charge is 0.487 e. The van der Waals surface area contributed by atoms with Crippen molar-refractivity contribution in [3.05, 3.63) is 34.0 Å². The smallest absolute Gasteiger partial charge is 0.138 e. The number of hydrogen-bond donors (Lipinski definition) is 0. The summed E-state index contributed by atoms with van der Waals surface area (Å²) in [6, 6.07) is 3.67. The monoisotopic (exact) mass is 291 g/mol. The molecule has 0 bridgehead atoms. The van der Waals surface area contributed by atoms with Gasteiger partial charge in [0.1, 0.15) is 17.0 Å². The highest BCUT2D eigenvalue weighted by Gasteiger charge is 1.94. The molecule has 1 rings (SSSR count). The molecular formula is C8H7Br2NO. The molecule has 0 atom stereocenters. The molecule has 2 nitrogen and oxygen atoms in total. The molecule has 0 spiro atoms. The number of nitrogens with zero attached hydrogens (tertiary/aromatic N) is 1. The standard InChI is InChI=1S/C8H7Br2NO/c1-6(9)5-12-7-2-3-8(10)11-4-7/h2-4H,1,5H2. The van der Waals surface area contributed by atoms with Crippen LogP contribution >= 0.6 is 31.9 Å². The Hall–Kier alpha value is -0.350. The second-order valence-corrected chi connectivity index (χ2v) is 4.06. The molecule has 0 aliphatic heterocycles. The molecule has 12 heavy (non-hydrogen) atoms. The molecule has 0 amide bonds. The van der Waals surface area contributed by atoms with E-state index in [-0.39, 0.29) is 0 Å². The molecule has 4 heteroatoms. The van der Waals surface area contributed by atoms with Crippen molar-refractivity contribution in [2.75, 3.05) is 6.61 Å². The Labute approximate surface area is 87.9 Å². The van der Waals surface area contributed by atoms with E-state index in [9.17, 15) is 0 Å². The zero-order valence-electron chi connectivity index (χ0n) is 6.26. The van der Waals surface area contributed by atoms with E-state index in [0.29, 0.717) is 6.61 Å². The topological polar surface area (TPSA) is 22.1 Å². The van der Waals surface area contributed by atoms with Crippen LogP contribution in [-0.2, 0) is 0 Å². The van der Waals surface area contributed by atoms with Crippen LogP contribution < -0.4 is 4.74 Å². The Balaban J connectivity index is 2.53. The van der Waals surface area contributed by atoms with Crippen molar-refractivity contribution in [3.8, 4) is 5.75 Å². The van der Waals surface area contributed by atoms with Gasteiger partial charge in [-0.05, 0) is 28.1 Å². The first-order valence-corrected chi connectivity index (χ1v) is 4.85. The number of ether oxygens (including phenoxy) is 1. The van der Waals surface area contributed by atoms with E-state index in [0.717, 1.165) is 14.8 Å². The highest BCUT2D eigenvalue weighted by molar-refractivity contribution is 9.11. The minimum Gasteiger partial charge on any atom is -0.487 e. The zero-order chi connectivity index (χ0) is 8.97. The highest BCUT2D eigenvalue weighted by Crippen LogP contribution is 2.13. The zero-order valence-corrected chi connectivity index (χ0v) is 9.43. The maximum absolute atomic E-state index is 5.29. The van der Waals surface area contributed by atoms with Crippen LogP contribution in [0.1, 0.15) is 0 Å². The van der Waals surface area contributed by atoms with Crippen LogP contribution in [0.2, 0.25) is 0 Å². The van der Waals surface area contributed by atoms with Gasteiger partial charge in [0.2, 0.25) is 0 Å². The van der Waals surface area contributed by atoms with Crippen LogP contribution in [0.4, 0.5) is 0 Å². The summed E-state index contributed by atoms with van der Waals surface area (Å²) in [6.07, 6.45) is 1.65. The number of halogens is 2. The van der Waals surface area contributed by atoms with E-state index >= 15 is 0 Å². The fourth-order valence-corrected chi connectivity index (χ4v) is 0.958. The molecule has 1 aromatic rings. The fourth-order valence-electron chi connectivity index (χ4n) is 0.609. The summed E-state index contributed by atoms with van der Waals surface area (Å²) < 4.78 is 6.90. The molecule has 0 aromatic carbocycles. The van der Waals surface area contributed by atoms with Gasteiger partial charge in [0, 0.05) is 4.48 Å². The minimum atomic E-state index is 0.462. The summed E-state index contributed by atoms with van der Waals surface area (Å²) in [5.41, 5.74) is 0. The van der Waals surface area contributed by atoms with Crippen molar-refractivity contribution in [2.45, 2.75) is 0 Å². The van der Waals surface area contributed by atoms with E-state index in [1.807, 2.05) is 12.1 Å². The van der Waals surface area contributed by atoms with E-state index in [4.69, 9.17) is 4.74 Å². The van der Waals surface area contributed by atoms with Crippen molar-refractivity contribution in [1.82, 2.24) is 4.98 Å². The van der Waals surface area contributed by atoms with Crippen molar-refractivity contribution >= 4 is 31.9 Å². The summed E-state index contributed by atoms with van der Waals surface area (Å²) in [5, 5.41) is 0. The second-order valence-electron chi connectivity index (χ2n) is 2.12. The molecule has 1 heterocycles. The van der Waals surface area contributed by atoms with Gasteiger partial charge in [0.25, 0.3) is 0 Å². The predicted octanol–water partition coefficient (Wildman–Crippen LogP) is 3.13. The fraction of sp³-hybridized carbons (Fsp3) is 0.125. The number of pyridine rings is 1. The molecule has 0 unspecified atom stereocenters. The van der Waals surface area contributed by atoms with Crippen LogP contribution in [0.3, 0.4) is 0 Å². The molecule has 0 N–H and O–H groups in total. The normalized spacial score (nSPS) is 9.50. The van der Waals surface area contributed by atoms with Crippen molar-refractivity contribution in [1.29, 1.82) is 0 Å². The van der Waals surface area contributed by atoms with Crippen LogP contribution in [0.5, 0.6) is 5.75 Å². The van der Waals surface area contributed by atoms with Crippen molar-refractivity contribution < 1.29 is 4.74 Å². The summed E-state index contributed by atoms with van der Waals surface area (Å²) >= 11 is 6.43. The quantitative estimate of drug-likeness (QED) is 0.799. The van der Waals surface area contributed by atoms with Crippen LogP contribution in [0.15, 0.2) is 34.0 Å². The lowest BCUT2D eigenvalue weighted by Gasteiger charge is -2.03. The molecule has 0 aliphatic carbocycles. The maximum Gasteiger partial charge on any atom is 0.138 e. The Kier molecular flexibility index (Phi) is 3.75. The lowest BCUT2D eigenvalue weighted by atomic mass is 10.5. The lowest BCUT2D eigenvalue weighted by molar-refractivity contribution is 0.359. The molecule has 0 saturated heterocycles. The third-order valence-corrected chi connectivity index (χ3v) is 1.79. The van der Waals surface area contributed by atoms with Crippen LogP contribution in [-0.4, -0.2) is 11.6 Å². The van der Waals surface area contributed by atoms with Gasteiger partial charge >= 0.3 is 0 Å².